The summed E-state index contributed by atoms with van der Waals surface area (Å²) in [5.74, 6) is 3.59. The second-order valence-corrected chi connectivity index (χ2v) is 17.4. The van der Waals surface area contributed by atoms with E-state index in [0.29, 0.717) is 0 Å². The van der Waals surface area contributed by atoms with Crippen LogP contribution in [-0.2, 0) is 0 Å². The smallest absolute Gasteiger partial charge is 0.0548 e. The molecule has 0 aromatic heterocycles. The van der Waals surface area contributed by atoms with Crippen LogP contribution in [0.3, 0.4) is 0 Å². The fourth-order valence-corrected chi connectivity index (χ4v) is 16.4. The van der Waals surface area contributed by atoms with E-state index in [4.69, 9.17) is 0 Å². The standard InChI is InChI=1S/C30H42N2Si/c1-21-19-27-25(15-17-31(27)23-11-7-5-8-12-23)29(21)33(3,4)30-22(2)20-28-26(30)16-18-32(28)24-13-9-6-10-14-24/h5-14,21-22,25-30H,15-20H2,1-4H3. The maximum atomic E-state index is 2.82. The molecule has 2 aromatic rings. The van der Waals surface area contributed by atoms with Crippen LogP contribution < -0.4 is 9.80 Å². The molecule has 4 fully saturated rings. The van der Waals surface area contributed by atoms with E-state index in [1.54, 1.807) is 0 Å². The van der Waals surface area contributed by atoms with Crippen molar-refractivity contribution in [2.75, 3.05) is 22.9 Å². The fraction of sp³-hybridized carbons (Fsp3) is 0.600. The van der Waals surface area contributed by atoms with Crippen LogP contribution in [0.2, 0.25) is 24.2 Å². The molecule has 2 heterocycles. The molecule has 2 aliphatic carbocycles. The van der Waals surface area contributed by atoms with Crippen LogP contribution in [0.15, 0.2) is 60.7 Å². The Morgan fingerprint density at radius 3 is 1.42 bits per heavy atom. The fourth-order valence-electron chi connectivity index (χ4n) is 9.77. The van der Waals surface area contributed by atoms with Gasteiger partial charge in [-0.05, 0) is 84.7 Å². The molecule has 0 N–H and O–H groups in total. The van der Waals surface area contributed by atoms with Gasteiger partial charge in [0.15, 0.2) is 0 Å². The lowest BCUT2D eigenvalue weighted by Crippen LogP contribution is -2.46. The Morgan fingerprint density at radius 2 is 1.03 bits per heavy atom. The summed E-state index contributed by atoms with van der Waals surface area (Å²) in [6, 6.07) is 24.1. The number of para-hydroxylation sites is 2. The average molecular weight is 459 g/mol. The van der Waals surface area contributed by atoms with Gasteiger partial charge in [-0.3, -0.25) is 0 Å². The third kappa shape index (κ3) is 3.40. The average Bonchev–Trinajstić information content (AvgIpc) is 3.54. The zero-order chi connectivity index (χ0) is 22.7. The van der Waals surface area contributed by atoms with Gasteiger partial charge in [0.1, 0.15) is 0 Å². The highest BCUT2D eigenvalue weighted by molar-refractivity contribution is 6.80. The summed E-state index contributed by atoms with van der Waals surface area (Å²) in [5, 5.41) is 0. The maximum absolute atomic E-state index is 2.82. The summed E-state index contributed by atoms with van der Waals surface area (Å²) in [4.78, 5) is 5.55. The third-order valence-electron chi connectivity index (χ3n) is 10.5. The molecule has 33 heavy (non-hydrogen) atoms. The van der Waals surface area contributed by atoms with Crippen molar-refractivity contribution < 1.29 is 0 Å². The predicted molar refractivity (Wildman–Crippen MR) is 144 cm³/mol. The van der Waals surface area contributed by atoms with Gasteiger partial charge in [-0.15, -0.1) is 0 Å². The summed E-state index contributed by atoms with van der Waals surface area (Å²) in [7, 11) is -1.45. The number of benzene rings is 2. The molecule has 4 aliphatic rings. The second kappa shape index (κ2) is 8.18. The summed E-state index contributed by atoms with van der Waals surface area (Å²) >= 11 is 0. The minimum Gasteiger partial charge on any atom is -0.368 e. The van der Waals surface area contributed by atoms with E-state index >= 15 is 0 Å². The maximum Gasteiger partial charge on any atom is 0.0548 e. The van der Waals surface area contributed by atoms with Crippen molar-refractivity contribution in [2.45, 2.75) is 75.8 Å². The molecule has 6 rings (SSSR count). The molecule has 0 bridgehead atoms. The Hall–Kier alpha value is -1.74. The van der Waals surface area contributed by atoms with E-state index in [-0.39, 0.29) is 0 Å². The zero-order valence-corrected chi connectivity index (χ0v) is 22.0. The Balaban J connectivity index is 1.25. The van der Waals surface area contributed by atoms with Crippen LogP contribution in [0.5, 0.6) is 0 Å². The van der Waals surface area contributed by atoms with E-state index in [9.17, 15) is 0 Å². The van der Waals surface area contributed by atoms with Gasteiger partial charge in [-0.25, -0.2) is 0 Å². The summed E-state index contributed by atoms with van der Waals surface area (Å²) in [6.07, 6.45) is 5.64. The minimum absolute atomic E-state index is 0.774. The van der Waals surface area contributed by atoms with E-state index in [1.807, 2.05) is 0 Å². The highest BCUT2D eigenvalue weighted by atomic mass is 28.3. The lowest BCUT2D eigenvalue weighted by Gasteiger charge is -2.45. The molecular weight excluding hydrogens is 416 g/mol. The number of hydrogen-bond acceptors (Lipinski definition) is 2. The summed E-state index contributed by atoms with van der Waals surface area (Å²) < 4.78 is 0. The molecule has 2 aliphatic heterocycles. The van der Waals surface area contributed by atoms with Crippen molar-refractivity contribution in [1.29, 1.82) is 0 Å². The van der Waals surface area contributed by atoms with Gasteiger partial charge in [-0.1, -0.05) is 63.3 Å². The lowest BCUT2D eigenvalue weighted by molar-refractivity contribution is 0.448. The van der Waals surface area contributed by atoms with Gasteiger partial charge in [0, 0.05) is 36.5 Å². The topological polar surface area (TPSA) is 6.48 Å². The van der Waals surface area contributed by atoms with Crippen molar-refractivity contribution in [1.82, 2.24) is 0 Å². The molecule has 3 heteroatoms. The zero-order valence-electron chi connectivity index (χ0n) is 21.0. The Labute approximate surface area is 202 Å². The Bertz CT molecular complexity index is 882. The van der Waals surface area contributed by atoms with E-state index in [0.717, 1.165) is 46.8 Å². The third-order valence-corrected chi connectivity index (χ3v) is 15.9. The van der Waals surface area contributed by atoms with E-state index in [2.05, 4.69) is 97.4 Å². The summed E-state index contributed by atoms with van der Waals surface area (Å²) in [6.45, 7) is 13.4. The second-order valence-electron chi connectivity index (χ2n) is 12.4. The highest BCUT2D eigenvalue weighted by Gasteiger charge is 2.60. The van der Waals surface area contributed by atoms with Gasteiger partial charge in [-0.2, -0.15) is 0 Å². The number of nitrogens with zero attached hydrogens (tertiary/aromatic N) is 2. The van der Waals surface area contributed by atoms with Gasteiger partial charge < -0.3 is 9.80 Å². The van der Waals surface area contributed by atoms with Gasteiger partial charge >= 0.3 is 0 Å². The molecule has 2 nitrogen and oxygen atoms in total. The summed E-state index contributed by atoms with van der Waals surface area (Å²) in [5.41, 5.74) is 4.88. The molecule has 8 unspecified atom stereocenters. The molecule has 0 radical (unpaired) electrons. The number of rotatable bonds is 4. The number of anilines is 2. The molecular formula is C30H42N2Si. The molecule has 2 aromatic carbocycles. The first kappa shape index (κ1) is 21.8. The van der Waals surface area contributed by atoms with Gasteiger partial charge in [0.25, 0.3) is 0 Å². The molecule has 2 saturated heterocycles. The van der Waals surface area contributed by atoms with Crippen LogP contribution in [0.1, 0.15) is 39.5 Å². The number of fused-ring (bicyclic) bond motifs is 2. The molecule has 2 saturated carbocycles. The predicted octanol–water partition coefficient (Wildman–Crippen LogP) is 7.31. The van der Waals surface area contributed by atoms with E-state index < -0.39 is 8.07 Å². The first-order valence-electron chi connectivity index (χ1n) is 13.6. The monoisotopic (exact) mass is 458 g/mol. The van der Waals surface area contributed by atoms with Crippen molar-refractivity contribution in [3.63, 3.8) is 0 Å². The Morgan fingerprint density at radius 1 is 0.636 bits per heavy atom. The van der Waals surface area contributed by atoms with Crippen molar-refractivity contribution in [3.8, 4) is 0 Å². The molecule has 8 atom stereocenters. The minimum atomic E-state index is -1.45. The largest absolute Gasteiger partial charge is 0.368 e. The van der Waals surface area contributed by atoms with Crippen molar-refractivity contribution in [3.05, 3.63) is 60.7 Å². The number of hydrogen-bond donors (Lipinski definition) is 0. The first-order valence-corrected chi connectivity index (χ1v) is 16.8. The van der Waals surface area contributed by atoms with Crippen molar-refractivity contribution >= 4 is 19.4 Å². The molecule has 0 amide bonds. The molecule has 0 spiro atoms. The van der Waals surface area contributed by atoms with E-state index in [1.165, 1.54) is 50.1 Å². The first-order chi connectivity index (χ1) is 16.0. The van der Waals surface area contributed by atoms with Gasteiger partial charge in [0.05, 0.1) is 8.07 Å². The van der Waals surface area contributed by atoms with Crippen LogP contribution in [-0.4, -0.2) is 33.2 Å². The Kier molecular flexibility index (Phi) is 5.40. The van der Waals surface area contributed by atoms with Crippen LogP contribution in [0.25, 0.3) is 0 Å². The van der Waals surface area contributed by atoms with Crippen molar-refractivity contribution in [2.24, 2.45) is 23.7 Å². The highest BCUT2D eigenvalue weighted by Crippen LogP contribution is 2.63. The SMILES string of the molecule is CC1CC2C(CCN2c2ccccc2)C1[Si](C)(C)C1C(C)CC2C1CCN2c1ccccc1. The quantitative estimate of drug-likeness (QED) is 0.443. The molecule has 176 valence electrons. The van der Waals surface area contributed by atoms with Crippen LogP contribution >= 0.6 is 0 Å². The normalized spacial score (nSPS) is 38.1. The van der Waals surface area contributed by atoms with Crippen LogP contribution in [0, 0.1) is 23.7 Å². The van der Waals surface area contributed by atoms with Gasteiger partial charge in [0.2, 0.25) is 0 Å². The lowest BCUT2D eigenvalue weighted by atomic mass is 10.0. The van der Waals surface area contributed by atoms with Crippen LogP contribution in [0.4, 0.5) is 11.4 Å².